The van der Waals surface area contributed by atoms with Gasteiger partial charge in [0.05, 0.1) is 18.8 Å². The Bertz CT molecular complexity index is 773. The Kier molecular flexibility index (Phi) is 9.07. The summed E-state index contributed by atoms with van der Waals surface area (Å²) in [4.78, 5) is 21.5. The van der Waals surface area contributed by atoms with E-state index < -0.39 is 0 Å². The maximum Gasteiger partial charge on any atom is 0.234 e. The third-order valence-electron chi connectivity index (χ3n) is 5.03. The molecule has 1 aromatic carbocycles. The molecule has 1 aliphatic rings. The lowest BCUT2D eigenvalue weighted by Crippen LogP contribution is -2.49. The van der Waals surface area contributed by atoms with Gasteiger partial charge in [-0.1, -0.05) is 0 Å². The van der Waals surface area contributed by atoms with Crippen molar-refractivity contribution in [2.24, 2.45) is 0 Å². The average Bonchev–Trinajstić information content (AvgIpc) is 3.22. The van der Waals surface area contributed by atoms with E-state index in [0.717, 1.165) is 61.2 Å². The Morgan fingerprint density at radius 2 is 1.90 bits per heavy atom. The molecule has 2 aromatic rings. The lowest BCUT2D eigenvalue weighted by molar-refractivity contribution is -0.122. The fourth-order valence-electron chi connectivity index (χ4n) is 3.41. The van der Waals surface area contributed by atoms with Crippen LogP contribution >= 0.6 is 11.3 Å². The van der Waals surface area contributed by atoms with Crippen molar-refractivity contribution in [1.82, 2.24) is 20.1 Å². The quantitative estimate of drug-likeness (QED) is 0.551. The molecular formula is C22H32N4O3S. The maximum absolute atomic E-state index is 12.0. The molecule has 0 unspecified atom stereocenters. The molecule has 1 fully saturated rings. The number of carbonyl (C=O) groups excluding carboxylic acids is 1. The smallest absolute Gasteiger partial charge is 0.234 e. The summed E-state index contributed by atoms with van der Waals surface area (Å²) < 4.78 is 10.5. The summed E-state index contributed by atoms with van der Waals surface area (Å²) in [6.45, 7) is 9.04. The van der Waals surface area contributed by atoms with Gasteiger partial charge in [0.25, 0.3) is 0 Å². The van der Waals surface area contributed by atoms with E-state index >= 15 is 0 Å². The summed E-state index contributed by atoms with van der Waals surface area (Å²) >= 11 is 1.68. The van der Waals surface area contributed by atoms with Gasteiger partial charge < -0.3 is 14.8 Å². The molecule has 1 aromatic heterocycles. The third kappa shape index (κ3) is 7.05. The molecule has 8 heteroatoms. The standard InChI is InChI=1S/C22H32N4O3S/c1-3-29-20-7-5-18(6-8-20)22-24-19(17-30-22)15-25-10-12-26(13-11-25)16-21(27)23-9-4-14-28-2/h5-8,17H,3-4,9-16H2,1-2H3,(H,23,27). The molecule has 7 nitrogen and oxygen atoms in total. The number of thiazole rings is 1. The normalized spacial score (nSPS) is 15.3. The summed E-state index contributed by atoms with van der Waals surface area (Å²) in [5, 5.41) is 6.14. The first-order valence-corrected chi connectivity index (χ1v) is 11.4. The SMILES string of the molecule is CCOc1ccc(-c2nc(CN3CCN(CC(=O)NCCCOC)CC3)cs2)cc1. The van der Waals surface area contributed by atoms with Crippen LogP contribution in [-0.2, 0) is 16.1 Å². The summed E-state index contributed by atoms with van der Waals surface area (Å²) in [6, 6.07) is 8.11. The number of nitrogens with zero attached hydrogens (tertiary/aromatic N) is 3. The van der Waals surface area contributed by atoms with Crippen molar-refractivity contribution in [3.05, 3.63) is 35.3 Å². The summed E-state index contributed by atoms with van der Waals surface area (Å²) in [5.74, 6) is 0.985. The number of carbonyl (C=O) groups is 1. The molecule has 3 rings (SSSR count). The topological polar surface area (TPSA) is 66.9 Å². The number of piperazine rings is 1. The summed E-state index contributed by atoms with van der Waals surface area (Å²) in [7, 11) is 1.67. The second kappa shape index (κ2) is 12.0. The minimum Gasteiger partial charge on any atom is -0.494 e. The number of rotatable bonds is 11. The van der Waals surface area contributed by atoms with Gasteiger partial charge in [-0.15, -0.1) is 11.3 Å². The monoisotopic (exact) mass is 432 g/mol. The Hall–Kier alpha value is -2.00. The molecule has 30 heavy (non-hydrogen) atoms. The molecule has 1 amide bonds. The predicted octanol–water partition coefficient (Wildman–Crippen LogP) is 2.48. The lowest BCUT2D eigenvalue weighted by Gasteiger charge is -2.33. The highest BCUT2D eigenvalue weighted by atomic mass is 32.1. The fourth-order valence-corrected chi connectivity index (χ4v) is 4.23. The molecule has 0 spiro atoms. The lowest BCUT2D eigenvalue weighted by atomic mass is 10.2. The summed E-state index contributed by atoms with van der Waals surface area (Å²) in [5.41, 5.74) is 2.23. The van der Waals surface area contributed by atoms with Gasteiger partial charge in [0.1, 0.15) is 10.8 Å². The average molecular weight is 433 g/mol. The molecule has 0 radical (unpaired) electrons. The Balaban J connectivity index is 1.40. The van der Waals surface area contributed by atoms with Gasteiger partial charge in [0.15, 0.2) is 0 Å². The van der Waals surface area contributed by atoms with Crippen LogP contribution in [0, 0.1) is 0 Å². The zero-order valence-corrected chi connectivity index (χ0v) is 18.7. The van der Waals surface area contributed by atoms with Gasteiger partial charge in [0.2, 0.25) is 5.91 Å². The second-order valence-corrected chi connectivity index (χ2v) is 8.21. The number of nitrogens with one attached hydrogen (secondary N) is 1. The Morgan fingerprint density at radius 1 is 1.17 bits per heavy atom. The van der Waals surface area contributed by atoms with Crippen molar-refractivity contribution in [2.45, 2.75) is 19.9 Å². The van der Waals surface area contributed by atoms with Gasteiger partial charge >= 0.3 is 0 Å². The molecule has 0 bridgehead atoms. The molecule has 164 valence electrons. The van der Waals surface area contributed by atoms with Crippen LogP contribution in [0.5, 0.6) is 5.75 Å². The van der Waals surface area contributed by atoms with Crippen molar-refractivity contribution in [3.8, 4) is 16.3 Å². The van der Waals surface area contributed by atoms with Crippen LogP contribution in [0.15, 0.2) is 29.6 Å². The first-order chi connectivity index (χ1) is 14.7. The van der Waals surface area contributed by atoms with E-state index in [1.54, 1.807) is 18.4 Å². The third-order valence-corrected chi connectivity index (χ3v) is 5.97. The Morgan fingerprint density at radius 3 is 2.60 bits per heavy atom. The van der Waals surface area contributed by atoms with Crippen LogP contribution in [0.25, 0.3) is 10.6 Å². The van der Waals surface area contributed by atoms with Crippen molar-refractivity contribution in [3.63, 3.8) is 0 Å². The van der Waals surface area contributed by atoms with Gasteiger partial charge in [-0.05, 0) is 37.6 Å². The van der Waals surface area contributed by atoms with Crippen molar-refractivity contribution < 1.29 is 14.3 Å². The first-order valence-electron chi connectivity index (χ1n) is 10.6. The molecule has 1 aliphatic heterocycles. The van der Waals surface area contributed by atoms with E-state index in [-0.39, 0.29) is 5.91 Å². The van der Waals surface area contributed by atoms with Crippen LogP contribution in [0.4, 0.5) is 0 Å². The summed E-state index contributed by atoms with van der Waals surface area (Å²) in [6.07, 6.45) is 0.850. The van der Waals surface area contributed by atoms with E-state index in [4.69, 9.17) is 14.5 Å². The molecule has 0 aliphatic carbocycles. The number of hydrogen-bond donors (Lipinski definition) is 1. The van der Waals surface area contributed by atoms with Crippen molar-refractivity contribution in [2.75, 3.05) is 59.6 Å². The van der Waals surface area contributed by atoms with Gasteiger partial charge in [-0.2, -0.15) is 0 Å². The highest BCUT2D eigenvalue weighted by Gasteiger charge is 2.19. The van der Waals surface area contributed by atoms with Gasteiger partial charge in [-0.3, -0.25) is 14.6 Å². The van der Waals surface area contributed by atoms with Crippen LogP contribution in [0.1, 0.15) is 19.0 Å². The predicted molar refractivity (Wildman–Crippen MR) is 120 cm³/mol. The highest BCUT2D eigenvalue weighted by molar-refractivity contribution is 7.13. The zero-order valence-electron chi connectivity index (χ0n) is 17.9. The molecule has 1 saturated heterocycles. The van der Waals surface area contributed by atoms with E-state index in [0.29, 0.717) is 26.3 Å². The number of ether oxygens (including phenoxy) is 2. The largest absolute Gasteiger partial charge is 0.494 e. The van der Waals surface area contributed by atoms with E-state index in [1.165, 1.54) is 0 Å². The molecular weight excluding hydrogens is 400 g/mol. The molecule has 2 heterocycles. The molecule has 0 saturated carbocycles. The second-order valence-electron chi connectivity index (χ2n) is 7.35. The van der Waals surface area contributed by atoms with Gasteiger partial charge in [0, 0.05) is 63.9 Å². The number of benzene rings is 1. The van der Waals surface area contributed by atoms with Crippen LogP contribution in [0.3, 0.4) is 0 Å². The number of aromatic nitrogens is 1. The van der Waals surface area contributed by atoms with Crippen LogP contribution in [0.2, 0.25) is 0 Å². The number of methoxy groups -OCH3 is 1. The molecule has 0 atom stereocenters. The number of amides is 1. The van der Waals surface area contributed by atoms with Crippen LogP contribution < -0.4 is 10.1 Å². The van der Waals surface area contributed by atoms with E-state index in [9.17, 15) is 4.79 Å². The van der Waals surface area contributed by atoms with E-state index in [1.807, 2.05) is 19.1 Å². The molecule has 1 N–H and O–H groups in total. The van der Waals surface area contributed by atoms with Crippen molar-refractivity contribution >= 4 is 17.2 Å². The zero-order chi connectivity index (χ0) is 21.2. The van der Waals surface area contributed by atoms with Crippen molar-refractivity contribution in [1.29, 1.82) is 0 Å². The fraction of sp³-hybridized carbons (Fsp3) is 0.545. The minimum atomic E-state index is 0.0963. The first kappa shape index (κ1) is 22.7. The van der Waals surface area contributed by atoms with E-state index in [2.05, 4.69) is 32.6 Å². The minimum absolute atomic E-state index is 0.0963. The number of hydrogen-bond acceptors (Lipinski definition) is 7. The van der Waals surface area contributed by atoms with Crippen LogP contribution in [-0.4, -0.2) is 80.3 Å². The van der Waals surface area contributed by atoms with Gasteiger partial charge in [-0.25, -0.2) is 4.98 Å². The Labute approximate surface area is 183 Å². The maximum atomic E-state index is 12.0. The highest BCUT2D eigenvalue weighted by Crippen LogP contribution is 2.26.